The van der Waals surface area contributed by atoms with Gasteiger partial charge in [0.15, 0.2) is 6.61 Å². The Balaban J connectivity index is 1.36. The van der Waals surface area contributed by atoms with Gasteiger partial charge in [0.2, 0.25) is 0 Å². The molecule has 0 aromatic carbocycles. The molecule has 1 N–H and O–H groups in total. The van der Waals surface area contributed by atoms with Gasteiger partial charge < -0.3 is 9.47 Å². The summed E-state index contributed by atoms with van der Waals surface area (Å²) in [5.74, 6) is -4.07. The second kappa shape index (κ2) is 11.9. The molecule has 16 heteroatoms. The number of carbonyl (C=O) groups is 5. The van der Waals surface area contributed by atoms with E-state index in [9.17, 15) is 54.3 Å². The zero-order chi connectivity index (χ0) is 33.9. The highest BCUT2D eigenvalue weighted by atomic mass is 32.2. The van der Waals surface area contributed by atoms with E-state index in [2.05, 4.69) is 16.4 Å². The third-order valence-corrected chi connectivity index (χ3v) is 12.2. The number of rotatable bonds is 9. The van der Waals surface area contributed by atoms with Crippen molar-refractivity contribution >= 4 is 39.4 Å². The van der Waals surface area contributed by atoms with Crippen molar-refractivity contribution in [3.63, 3.8) is 0 Å². The SMILES string of the molecule is C[C@H](CCC(=O)OCC(=O)OC(C(F)(F)F)C(F)(F)S(=O)(=O)O)[C@H]1CC[C@H]2[C@@H]3C(=O)C[C@@H]4CC(=O)CC[C@]4(C)[C@H]3CC(=O)[C@]12C. The quantitative estimate of drug-likeness (QED) is 0.210. The van der Waals surface area contributed by atoms with Crippen LogP contribution in [0.5, 0.6) is 0 Å². The number of hydrogen-bond acceptors (Lipinski definition) is 9. The summed E-state index contributed by atoms with van der Waals surface area (Å²) < 4.78 is 104. The maximum absolute atomic E-state index is 13.9. The van der Waals surface area contributed by atoms with Crippen LogP contribution in [0.1, 0.15) is 78.6 Å². The predicted octanol–water partition coefficient (Wildman–Crippen LogP) is 4.49. The minimum Gasteiger partial charge on any atom is -0.454 e. The molecule has 0 heterocycles. The number of hydrogen-bond donors (Lipinski definition) is 1. The Kier molecular flexibility index (Phi) is 9.39. The van der Waals surface area contributed by atoms with Crippen molar-refractivity contribution in [2.45, 2.75) is 96.1 Å². The number of esters is 2. The van der Waals surface area contributed by atoms with Crippen LogP contribution >= 0.6 is 0 Å². The van der Waals surface area contributed by atoms with Gasteiger partial charge in [0.1, 0.15) is 17.3 Å². The fraction of sp³-hybridized carbons (Fsp3) is 0.828. The normalized spacial score (nSPS) is 35.1. The van der Waals surface area contributed by atoms with Crippen molar-refractivity contribution in [2.24, 2.45) is 46.3 Å². The van der Waals surface area contributed by atoms with E-state index >= 15 is 0 Å². The third kappa shape index (κ3) is 6.29. The second-order valence-corrected chi connectivity index (χ2v) is 15.1. The Labute approximate surface area is 256 Å². The summed E-state index contributed by atoms with van der Waals surface area (Å²) in [6.45, 7) is 4.26. The Hall–Kier alpha value is -2.49. The van der Waals surface area contributed by atoms with Crippen LogP contribution in [0, 0.1) is 46.3 Å². The highest BCUT2D eigenvalue weighted by Crippen LogP contribution is 2.66. The van der Waals surface area contributed by atoms with E-state index in [1.54, 1.807) is 0 Å². The predicted molar refractivity (Wildman–Crippen MR) is 143 cm³/mol. The highest BCUT2D eigenvalue weighted by molar-refractivity contribution is 7.86. The molecule has 0 aromatic rings. The van der Waals surface area contributed by atoms with E-state index in [0.717, 1.165) is 0 Å². The van der Waals surface area contributed by atoms with Crippen molar-refractivity contribution < 1.29 is 68.4 Å². The molecule has 4 saturated carbocycles. The summed E-state index contributed by atoms with van der Waals surface area (Å²) in [7, 11) is -6.62. The minimum absolute atomic E-state index is 0.0425. The van der Waals surface area contributed by atoms with Crippen molar-refractivity contribution in [2.75, 3.05) is 6.61 Å². The van der Waals surface area contributed by atoms with Crippen molar-refractivity contribution in [3.8, 4) is 0 Å². The van der Waals surface area contributed by atoms with Crippen LogP contribution in [0.15, 0.2) is 0 Å². The standard InChI is InChI=1S/C29H37F5O10S/c1-14(4-7-22(38)43-13-23(39)44-25(28(30,31)32)29(33,34)45(40,41)42)17-5-6-18-24-19(12-21(37)27(17,18)3)26(2)9-8-16(35)10-15(26)11-20(24)36/h14-15,17-19,24-25H,4-13H2,1-3H3,(H,40,41,42)/t14-,15+,17-,18+,19+,24+,25?,26+,27-/m1/s1. The number of Topliss-reactive ketones (excluding diaryl/α,β-unsaturated/α-hetero) is 3. The molecule has 254 valence electrons. The molecule has 4 rings (SSSR count). The van der Waals surface area contributed by atoms with Crippen molar-refractivity contribution in [3.05, 3.63) is 0 Å². The largest absolute Gasteiger partial charge is 0.454 e. The Morgan fingerprint density at radius 3 is 2.24 bits per heavy atom. The molecular weight excluding hydrogens is 635 g/mol. The lowest BCUT2D eigenvalue weighted by atomic mass is 9.44. The fourth-order valence-corrected chi connectivity index (χ4v) is 9.23. The Bertz CT molecular complexity index is 1360. The van der Waals surface area contributed by atoms with Gasteiger partial charge in [0, 0.05) is 43.4 Å². The first kappa shape index (κ1) is 35.4. The lowest BCUT2D eigenvalue weighted by Gasteiger charge is -2.58. The first-order chi connectivity index (χ1) is 20.5. The molecule has 0 aromatic heterocycles. The summed E-state index contributed by atoms with van der Waals surface area (Å²) in [4.78, 5) is 63.5. The minimum atomic E-state index is -6.62. The molecule has 0 amide bonds. The zero-order valence-corrected chi connectivity index (χ0v) is 25.8. The van der Waals surface area contributed by atoms with Crippen LogP contribution in [-0.4, -0.2) is 66.4 Å². The summed E-state index contributed by atoms with van der Waals surface area (Å²) in [5.41, 5.74) is -1.11. The first-order valence-electron chi connectivity index (χ1n) is 14.9. The summed E-state index contributed by atoms with van der Waals surface area (Å²) in [6, 6.07) is 0. The summed E-state index contributed by atoms with van der Waals surface area (Å²) >= 11 is 0. The monoisotopic (exact) mass is 672 g/mol. The molecule has 45 heavy (non-hydrogen) atoms. The van der Waals surface area contributed by atoms with Gasteiger partial charge in [-0.3, -0.25) is 23.7 Å². The Morgan fingerprint density at radius 1 is 1.00 bits per heavy atom. The molecule has 0 aliphatic heterocycles. The average Bonchev–Trinajstić information content (AvgIpc) is 3.27. The lowest BCUT2D eigenvalue weighted by Crippen LogP contribution is -2.60. The number of alkyl halides is 5. The van der Waals surface area contributed by atoms with E-state index < -0.39 is 51.6 Å². The van der Waals surface area contributed by atoms with Gasteiger partial charge in [-0.05, 0) is 60.7 Å². The lowest BCUT2D eigenvalue weighted by molar-refractivity contribution is -0.260. The van der Waals surface area contributed by atoms with Gasteiger partial charge in [0.05, 0.1) is 0 Å². The molecule has 4 aliphatic carbocycles. The second-order valence-electron chi connectivity index (χ2n) is 13.6. The third-order valence-electron chi connectivity index (χ3n) is 11.3. The molecule has 1 unspecified atom stereocenters. The number of ketones is 3. The molecule has 0 radical (unpaired) electrons. The van der Waals surface area contributed by atoms with E-state index in [4.69, 9.17) is 4.55 Å². The number of fused-ring (bicyclic) bond motifs is 5. The molecule has 10 nitrogen and oxygen atoms in total. The van der Waals surface area contributed by atoms with Crippen LogP contribution in [0.3, 0.4) is 0 Å². The average molecular weight is 673 g/mol. The zero-order valence-electron chi connectivity index (χ0n) is 25.0. The number of ether oxygens (including phenoxy) is 2. The Morgan fingerprint density at radius 2 is 1.64 bits per heavy atom. The fourth-order valence-electron chi connectivity index (χ4n) is 8.77. The van der Waals surface area contributed by atoms with Crippen LogP contribution in [0.2, 0.25) is 0 Å². The van der Waals surface area contributed by atoms with Crippen LogP contribution < -0.4 is 0 Å². The van der Waals surface area contributed by atoms with Gasteiger partial charge >= 0.3 is 33.5 Å². The number of carbonyl (C=O) groups excluding carboxylic acids is 5. The smallest absolute Gasteiger partial charge is 0.432 e. The van der Waals surface area contributed by atoms with Crippen LogP contribution in [0.4, 0.5) is 22.0 Å². The molecule has 4 fully saturated rings. The first-order valence-corrected chi connectivity index (χ1v) is 16.3. The summed E-state index contributed by atoms with van der Waals surface area (Å²) in [6.07, 6.45) is -7.59. The molecule has 0 spiro atoms. The molecule has 0 bridgehead atoms. The molecule has 9 atom stereocenters. The maximum Gasteiger partial charge on any atom is 0.432 e. The highest BCUT2D eigenvalue weighted by Gasteiger charge is 2.67. The van der Waals surface area contributed by atoms with Gasteiger partial charge in [-0.15, -0.1) is 0 Å². The maximum atomic E-state index is 13.9. The van der Waals surface area contributed by atoms with Gasteiger partial charge in [-0.2, -0.15) is 30.4 Å². The topological polar surface area (TPSA) is 158 Å². The van der Waals surface area contributed by atoms with Gasteiger partial charge in [-0.1, -0.05) is 20.8 Å². The van der Waals surface area contributed by atoms with E-state index in [1.807, 2.05) is 13.8 Å². The van der Waals surface area contributed by atoms with Crippen LogP contribution in [0.25, 0.3) is 0 Å². The summed E-state index contributed by atoms with van der Waals surface area (Å²) in [5, 5.41) is -5.91. The van der Waals surface area contributed by atoms with Crippen LogP contribution in [-0.2, 0) is 43.6 Å². The molecular formula is C29H37F5O10S. The van der Waals surface area contributed by atoms with Gasteiger partial charge in [-0.25, -0.2) is 4.79 Å². The van der Waals surface area contributed by atoms with Crippen molar-refractivity contribution in [1.29, 1.82) is 0 Å². The number of halogens is 5. The van der Waals surface area contributed by atoms with E-state index in [1.165, 1.54) is 0 Å². The molecule has 0 saturated heterocycles. The van der Waals surface area contributed by atoms with E-state index in [-0.39, 0.29) is 77.5 Å². The van der Waals surface area contributed by atoms with Crippen molar-refractivity contribution in [1.82, 2.24) is 0 Å². The van der Waals surface area contributed by atoms with E-state index in [0.29, 0.717) is 38.5 Å². The molecule has 4 aliphatic rings. The van der Waals surface area contributed by atoms with Gasteiger partial charge in [0.25, 0.3) is 6.10 Å².